The molecule has 3 saturated carbocycles. The smallest absolute Gasteiger partial charge is 0.0188 e. The molecule has 3 rings (SSSR count). The van der Waals surface area contributed by atoms with Crippen molar-refractivity contribution >= 4 is 0 Å². The van der Waals surface area contributed by atoms with Crippen LogP contribution in [0.3, 0.4) is 0 Å². The highest BCUT2D eigenvalue weighted by Gasteiger charge is 2.56. The molecule has 0 heterocycles. The van der Waals surface area contributed by atoms with Crippen molar-refractivity contribution in [2.24, 2.45) is 40.7 Å². The molecule has 3 aliphatic carbocycles. The zero-order valence-electron chi connectivity index (χ0n) is 24.3. The van der Waals surface area contributed by atoms with Crippen LogP contribution in [0.2, 0.25) is 0 Å². The molecule has 36 heavy (non-hydrogen) atoms. The third-order valence-electron chi connectivity index (χ3n) is 10.8. The molecule has 0 radical (unpaired) electrons. The number of hydrogen-bond donors (Lipinski definition) is 1. The lowest BCUT2D eigenvalue weighted by Gasteiger charge is -2.60. The minimum Gasteiger partial charge on any atom is -0.325 e. The number of fused-ring (bicyclic) bond motifs is 3. The maximum Gasteiger partial charge on any atom is 0.0188 e. The van der Waals surface area contributed by atoms with Gasteiger partial charge >= 0.3 is 0 Å². The highest BCUT2D eigenvalue weighted by Crippen LogP contribution is 2.61. The molecule has 2 nitrogen and oxygen atoms in total. The molecular formula is C34H58N2. The van der Waals surface area contributed by atoms with Crippen LogP contribution in [0.5, 0.6) is 0 Å². The molecule has 2 heteroatoms. The van der Waals surface area contributed by atoms with E-state index in [9.17, 15) is 0 Å². The van der Waals surface area contributed by atoms with E-state index < -0.39 is 0 Å². The van der Waals surface area contributed by atoms with E-state index in [4.69, 9.17) is 5.73 Å². The van der Waals surface area contributed by atoms with Gasteiger partial charge in [-0.3, -0.25) is 4.90 Å². The van der Waals surface area contributed by atoms with Crippen LogP contribution in [0.25, 0.3) is 0 Å². The molecule has 0 aliphatic heterocycles. The summed E-state index contributed by atoms with van der Waals surface area (Å²) in [6, 6.07) is 0. The first kappa shape index (κ1) is 29.4. The third kappa shape index (κ3) is 7.04. The predicted octanol–water partition coefficient (Wildman–Crippen LogP) is 8.71. The van der Waals surface area contributed by atoms with Crippen LogP contribution in [-0.4, -0.2) is 30.6 Å². The SMILES string of the molecule is C=CC(C)=CCN(C)CC=CC1CCCCC[C@]2(N)CCC3C[C@H](C)CCC3(CC)C2CC[C@@H]1C=C. The lowest BCUT2D eigenvalue weighted by Crippen LogP contribution is -2.61. The number of likely N-dealkylation sites (N-methyl/N-ethyl adjacent to an activating group) is 1. The maximum absolute atomic E-state index is 7.45. The van der Waals surface area contributed by atoms with Crippen LogP contribution in [0.15, 0.2) is 49.1 Å². The Hall–Kier alpha value is -1.12. The Bertz CT molecular complexity index is 765. The van der Waals surface area contributed by atoms with E-state index in [0.29, 0.717) is 23.2 Å². The monoisotopic (exact) mass is 494 g/mol. The lowest BCUT2D eigenvalue weighted by atomic mass is 9.46. The molecule has 0 saturated heterocycles. The third-order valence-corrected chi connectivity index (χ3v) is 10.8. The topological polar surface area (TPSA) is 29.3 Å². The fraction of sp³-hybridized carbons (Fsp3) is 0.765. The molecule has 0 amide bonds. The van der Waals surface area contributed by atoms with Crippen LogP contribution < -0.4 is 5.73 Å². The van der Waals surface area contributed by atoms with Crippen molar-refractivity contribution < 1.29 is 0 Å². The van der Waals surface area contributed by atoms with Crippen molar-refractivity contribution in [3.05, 3.63) is 49.1 Å². The molecule has 0 bridgehead atoms. The average molecular weight is 495 g/mol. The molecule has 3 fully saturated rings. The number of allylic oxidation sites excluding steroid dienone is 4. The first-order valence-electron chi connectivity index (χ1n) is 15.3. The largest absolute Gasteiger partial charge is 0.325 e. The molecule has 4 unspecified atom stereocenters. The summed E-state index contributed by atoms with van der Waals surface area (Å²) in [4.78, 5) is 2.37. The van der Waals surface area contributed by atoms with Crippen molar-refractivity contribution in [2.45, 2.75) is 110 Å². The minimum absolute atomic E-state index is 0.0499. The molecule has 7 atom stereocenters. The van der Waals surface area contributed by atoms with E-state index >= 15 is 0 Å². The molecule has 0 aromatic carbocycles. The van der Waals surface area contributed by atoms with Crippen LogP contribution in [0.4, 0.5) is 0 Å². The van der Waals surface area contributed by atoms with Gasteiger partial charge in [-0.2, -0.15) is 0 Å². The van der Waals surface area contributed by atoms with Crippen molar-refractivity contribution in [2.75, 3.05) is 20.1 Å². The van der Waals surface area contributed by atoms with Gasteiger partial charge < -0.3 is 5.73 Å². The lowest BCUT2D eigenvalue weighted by molar-refractivity contribution is -0.0839. The van der Waals surface area contributed by atoms with Gasteiger partial charge in [0.2, 0.25) is 0 Å². The van der Waals surface area contributed by atoms with Gasteiger partial charge in [-0.15, -0.1) is 6.58 Å². The fourth-order valence-corrected chi connectivity index (χ4v) is 8.40. The van der Waals surface area contributed by atoms with Crippen LogP contribution >= 0.6 is 0 Å². The predicted molar refractivity (Wildman–Crippen MR) is 159 cm³/mol. The van der Waals surface area contributed by atoms with Crippen molar-refractivity contribution in [3.63, 3.8) is 0 Å². The number of nitrogens with zero attached hydrogens (tertiary/aromatic N) is 1. The van der Waals surface area contributed by atoms with Gasteiger partial charge in [0.15, 0.2) is 0 Å². The second-order valence-electron chi connectivity index (χ2n) is 13.0. The van der Waals surface area contributed by atoms with Gasteiger partial charge in [-0.25, -0.2) is 0 Å². The highest BCUT2D eigenvalue weighted by atomic mass is 15.1. The van der Waals surface area contributed by atoms with Crippen LogP contribution in [0, 0.1) is 35.0 Å². The Balaban J connectivity index is 1.75. The van der Waals surface area contributed by atoms with Crippen molar-refractivity contribution in [3.8, 4) is 0 Å². The number of rotatable bonds is 8. The van der Waals surface area contributed by atoms with Gasteiger partial charge in [0.1, 0.15) is 0 Å². The van der Waals surface area contributed by atoms with Crippen LogP contribution in [0.1, 0.15) is 104 Å². The van der Waals surface area contributed by atoms with Crippen molar-refractivity contribution in [1.82, 2.24) is 4.90 Å². The molecule has 0 aromatic heterocycles. The second-order valence-corrected chi connectivity index (χ2v) is 13.0. The summed E-state index contributed by atoms with van der Waals surface area (Å²) in [6.07, 6.45) is 28.6. The molecule has 204 valence electrons. The van der Waals surface area contributed by atoms with Gasteiger partial charge in [0.05, 0.1) is 0 Å². The van der Waals surface area contributed by atoms with E-state index in [1.54, 1.807) is 0 Å². The van der Waals surface area contributed by atoms with Gasteiger partial charge in [-0.1, -0.05) is 82.1 Å². The van der Waals surface area contributed by atoms with E-state index in [1.165, 1.54) is 89.0 Å². The summed E-state index contributed by atoms with van der Waals surface area (Å²) >= 11 is 0. The first-order valence-corrected chi connectivity index (χ1v) is 15.3. The Morgan fingerprint density at radius 1 is 0.972 bits per heavy atom. The van der Waals surface area contributed by atoms with E-state index in [-0.39, 0.29) is 5.54 Å². The summed E-state index contributed by atoms with van der Waals surface area (Å²) in [5.74, 6) is 3.64. The van der Waals surface area contributed by atoms with E-state index in [0.717, 1.165) is 24.9 Å². The van der Waals surface area contributed by atoms with E-state index in [1.807, 2.05) is 6.08 Å². The summed E-state index contributed by atoms with van der Waals surface area (Å²) < 4.78 is 0. The highest BCUT2D eigenvalue weighted by molar-refractivity contribution is 5.13. The molecule has 0 aromatic rings. The Morgan fingerprint density at radius 3 is 2.50 bits per heavy atom. The summed E-state index contributed by atoms with van der Waals surface area (Å²) in [6.45, 7) is 17.3. The number of nitrogens with two attached hydrogens (primary N) is 1. The Labute approximate surface area is 224 Å². The Kier molecular flexibility index (Phi) is 11.1. The normalized spacial score (nSPS) is 38.7. The second kappa shape index (κ2) is 13.6. The molecule has 2 N–H and O–H groups in total. The summed E-state index contributed by atoms with van der Waals surface area (Å²) in [7, 11) is 2.20. The zero-order valence-corrected chi connectivity index (χ0v) is 24.3. The Morgan fingerprint density at radius 2 is 1.78 bits per heavy atom. The summed E-state index contributed by atoms with van der Waals surface area (Å²) in [5.41, 5.74) is 9.22. The van der Waals surface area contributed by atoms with Gasteiger partial charge in [-0.05, 0) is 107 Å². The first-order chi connectivity index (χ1) is 17.3. The average Bonchev–Trinajstić information content (AvgIpc) is 2.90. The molecular weight excluding hydrogens is 436 g/mol. The van der Waals surface area contributed by atoms with Crippen molar-refractivity contribution in [1.29, 1.82) is 0 Å². The maximum atomic E-state index is 7.45. The summed E-state index contributed by atoms with van der Waals surface area (Å²) in [5, 5.41) is 0. The molecule has 0 spiro atoms. The van der Waals surface area contributed by atoms with Gasteiger partial charge in [0, 0.05) is 18.6 Å². The number of hydrogen-bond acceptors (Lipinski definition) is 2. The quantitative estimate of drug-likeness (QED) is 0.270. The standard InChI is InChI=1S/C34H58N2/c1-7-27(4)20-25-36(6)24-13-15-30-14-11-10-12-21-34(35)23-19-31-26-28(5)18-22-33(31,9-3)32(34)17-16-29(30)8-2/h7-8,13,15,20,28-32H,1-2,9-12,14,16-19,21-26,35H2,3-6H3/t28-,29+,30?,31?,32?,33?,34+/m1/s1. The van der Waals surface area contributed by atoms with Gasteiger partial charge in [0.25, 0.3) is 0 Å². The fourth-order valence-electron chi connectivity index (χ4n) is 8.40. The van der Waals surface area contributed by atoms with E-state index in [2.05, 4.69) is 70.2 Å². The molecule has 3 aliphatic rings. The zero-order chi connectivity index (χ0) is 26.2. The van der Waals surface area contributed by atoms with Crippen LogP contribution in [-0.2, 0) is 0 Å². The minimum atomic E-state index is 0.0499.